The number of nitrogens with two attached hydrogens (primary N) is 1. The lowest BCUT2D eigenvalue weighted by atomic mass is 10.1. The van der Waals surface area contributed by atoms with Gasteiger partial charge >= 0.3 is 0 Å². The fraction of sp³-hybridized carbons (Fsp3) is 0.143. The molecule has 0 unspecified atom stereocenters. The van der Waals surface area contributed by atoms with Crippen LogP contribution in [0, 0.1) is 0 Å². The van der Waals surface area contributed by atoms with E-state index in [9.17, 15) is 4.79 Å². The molecule has 0 aliphatic carbocycles. The fourth-order valence-electron chi connectivity index (χ4n) is 2.68. The third-order valence-electron chi connectivity index (χ3n) is 3.98. The molecule has 1 heterocycles. The average Bonchev–Trinajstić information content (AvgIpc) is 2.77. The molecular weight excluding hydrogens is 388 g/mol. The molecule has 3 aromatic rings. The number of anilines is 1. The van der Waals surface area contributed by atoms with Gasteiger partial charge in [0.2, 0.25) is 0 Å². The van der Waals surface area contributed by atoms with Gasteiger partial charge in [-0.15, -0.1) is 0 Å². The van der Waals surface area contributed by atoms with Crippen molar-refractivity contribution in [2.24, 2.45) is 0 Å². The highest BCUT2D eigenvalue weighted by atomic mass is 16.5. The van der Waals surface area contributed by atoms with Gasteiger partial charge in [0, 0.05) is 29.4 Å². The Balaban J connectivity index is 0.00000101. The molecule has 3 rings (SSSR count). The van der Waals surface area contributed by atoms with Gasteiger partial charge in [-0.05, 0) is 24.3 Å². The molecule has 1 amide bonds. The van der Waals surface area contributed by atoms with E-state index in [1.807, 2.05) is 18.2 Å². The smallest absolute Gasteiger partial charge is 0.290 e. The number of carbonyl (C=O) groups is 2. The summed E-state index contributed by atoms with van der Waals surface area (Å²) in [5, 5.41) is 9.78. The van der Waals surface area contributed by atoms with Crippen LogP contribution in [0.3, 0.4) is 0 Å². The molecule has 0 saturated carbocycles. The lowest BCUT2D eigenvalue weighted by Crippen LogP contribution is -2.23. The minimum absolute atomic E-state index is 0.217. The minimum atomic E-state index is -0.250. The van der Waals surface area contributed by atoms with Crippen LogP contribution in [-0.2, 0) is 11.3 Å². The van der Waals surface area contributed by atoms with E-state index in [0.29, 0.717) is 40.8 Å². The second-order valence-electron chi connectivity index (χ2n) is 5.83. The summed E-state index contributed by atoms with van der Waals surface area (Å²) in [6.07, 6.45) is 1.58. The molecule has 0 aliphatic heterocycles. The normalized spacial score (nSPS) is 9.67. The molecule has 4 N–H and O–H groups in total. The number of rotatable bonds is 6. The Hall–Kier alpha value is -4.14. The van der Waals surface area contributed by atoms with Crippen LogP contribution in [0.15, 0.2) is 54.7 Å². The molecule has 0 fully saturated rings. The number of benzene rings is 2. The zero-order chi connectivity index (χ0) is 21.9. The van der Waals surface area contributed by atoms with Crippen LogP contribution >= 0.6 is 0 Å². The van der Waals surface area contributed by atoms with Gasteiger partial charge in [-0.25, -0.2) is 9.97 Å². The van der Waals surface area contributed by atoms with Crippen molar-refractivity contribution in [3.05, 3.63) is 65.9 Å². The highest BCUT2D eigenvalue weighted by Crippen LogP contribution is 2.30. The molecule has 0 bridgehead atoms. The molecule has 30 heavy (non-hydrogen) atoms. The summed E-state index contributed by atoms with van der Waals surface area (Å²) in [6.45, 7) is 0.0538. The van der Waals surface area contributed by atoms with Crippen LogP contribution in [0.1, 0.15) is 15.9 Å². The molecular formula is C21H22N4O5. The summed E-state index contributed by atoms with van der Waals surface area (Å²) in [6, 6.07) is 14.2. The number of methoxy groups -OCH3 is 2. The molecule has 9 heteroatoms. The highest BCUT2D eigenvalue weighted by molar-refractivity contribution is 5.95. The Kier molecular flexibility index (Phi) is 8.13. The number of hydrogen-bond donors (Lipinski definition) is 3. The summed E-state index contributed by atoms with van der Waals surface area (Å²) >= 11 is 0. The van der Waals surface area contributed by atoms with Gasteiger partial charge in [0.15, 0.2) is 17.3 Å². The molecule has 1 aromatic heterocycles. The van der Waals surface area contributed by atoms with Crippen LogP contribution in [0.25, 0.3) is 11.4 Å². The first-order chi connectivity index (χ1) is 14.5. The van der Waals surface area contributed by atoms with E-state index in [2.05, 4.69) is 15.3 Å². The van der Waals surface area contributed by atoms with E-state index < -0.39 is 0 Å². The van der Waals surface area contributed by atoms with Gasteiger partial charge in [-0.2, -0.15) is 0 Å². The maximum Gasteiger partial charge on any atom is 0.290 e. The molecule has 0 radical (unpaired) electrons. The minimum Gasteiger partial charge on any atom is -0.493 e. The first kappa shape index (κ1) is 22.2. The highest BCUT2D eigenvalue weighted by Gasteiger charge is 2.12. The van der Waals surface area contributed by atoms with Crippen molar-refractivity contribution in [1.29, 1.82) is 0 Å². The van der Waals surface area contributed by atoms with Crippen LogP contribution < -0.4 is 20.5 Å². The Morgan fingerprint density at radius 3 is 2.57 bits per heavy atom. The third kappa shape index (κ3) is 5.68. The van der Waals surface area contributed by atoms with Crippen LogP contribution in [0.5, 0.6) is 11.5 Å². The van der Waals surface area contributed by atoms with E-state index >= 15 is 0 Å². The summed E-state index contributed by atoms with van der Waals surface area (Å²) in [5.41, 5.74) is 7.74. The fourth-order valence-corrected chi connectivity index (χ4v) is 2.68. The van der Waals surface area contributed by atoms with E-state index in [4.69, 9.17) is 25.1 Å². The van der Waals surface area contributed by atoms with Gasteiger partial charge in [-0.1, -0.05) is 24.3 Å². The van der Waals surface area contributed by atoms with Crippen molar-refractivity contribution in [1.82, 2.24) is 15.3 Å². The number of nitrogen functional groups attached to an aromatic ring is 1. The topological polar surface area (TPSA) is 137 Å². The number of nitrogens with zero attached hydrogens (tertiary/aromatic N) is 2. The molecule has 156 valence electrons. The van der Waals surface area contributed by atoms with Gasteiger partial charge in [0.1, 0.15) is 5.82 Å². The monoisotopic (exact) mass is 410 g/mol. The molecule has 0 aliphatic rings. The first-order valence-corrected chi connectivity index (χ1v) is 8.78. The number of carbonyl (C=O) groups excluding carboxylic acids is 1. The number of amides is 1. The van der Waals surface area contributed by atoms with Crippen LogP contribution in [0.2, 0.25) is 0 Å². The van der Waals surface area contributed by atoms with Crippen molar-refractivity contribution >= 4 is 18.2 Å². The van der Waals surface area contributed by atoms with Crippen LogP contribution in [0.4, 0.5) is 5.82 Å². The maximum atomic E-state index is 12.6. The first-order valence-electron chi connectivity index (χ1n) is 8.78. The van der Waals surface area contributed by atoms with E-state index in [1.54, 1.807) is 50.7 Å². The largest absolute Gasteiger partial charge is 0.493 e. The Morgan fingerprint density at radius 1 is 1.17 bits per heavy atom. The van der Waals surface area contributed by atoms with Gasteiger partial charge in [0.25, 0.3) is 12.4 Å². The second-order valence-corrected chi connectivity index (χ2v) is 5.83. The predicted molar refractivity (Wildman–Crippen MR) is 111 cm³/mol. The van der Waals surface area contributed by atoms with Crippen molar-refractivity contribution in [3.63, 3.8) is 0 Å². The lowest BCUT2D eigenvalue weighted by molar-refractivity contribution is -0.122. The van der Waals surface area contributed by atoms with Crippen molar-refractivity contribution in [2.75, 3.05) is 20.0 Å². The Morgan fingerprint density at radius 2 is 1.90 bits per heavy atom. The summed E-state index contributed by atoms with van der Waals surface area (Å²) in [4.78, 5) is 29.3. The second kappa shape index (κ2) is 11.0. The zero-order valence-electron chi connectivity index (χ0n) is 16.5. The van der Waals surface area contributed by atoms with Crippen molar-refractivity contribution < 1.29 is 24.2 Å². The quantitative estimate of drug-likeness (QED) is 0.527. The zero-order valence-corrected chi connectivity index (χ0v) is 16.5. The van der Waals surface area contributed by atoms with E-state index in [1.165, 1.54) is 0 Å². The SMILES string of the molecule is COc1cccc(CNC(=O)c2cccc(-c3nccc(N)n3)c2)c1OC.O=CO. The Labute approximate surface area is 173 Å². The number of carboxylic acid groups (broad SMARTS) is 1. The molecule has 2 aromatic carbocycles. The van der Waals surface area contributed by atoms with E-state index in [0.717, 1.165) is 5.56 Å². The summed E-state index contributed by atoms with van der Waals surface area (Å²) < 4.78 is 10.7. The van der Waals surface area contributed by atoms with Gasteiger partial charge < -0.3 is 25.6 Å². The van der Waals surface area contributed by atoms with Gasteiger partial charge in [-0.3, -0.25) is 9.59 Å². The molecule has 0 saturated heterocycles. The van der Waals surface area contributed by atoms with Gasteiger partial charge in [0.05, 0.1) is 14.2 Å². The number of nitrogens with one attached hydrogen (secondary N) is 1. The molecule has 9 nitrogen and oxygen atoms in total. The molecule has 0 atom stereocenters. The number of aromatic nitrogens is 2. The van der Waals surface area contributed by atoms with Crippen molar-refractivity contribution in [2.45, 2.75) is 6.54 Å². The predicted octanol–water partition coefficient (Wildman–Crippen LogP) is 2.37. The molecule has 0 spiro atoms. The number of para-hydroxylation sites is 1. The van der Waals surface area contributed by atoms with Crippen molar-refractivity contribution in [3.8, 4) is 22.9 Å². The summed E-state index contributed by atoms with van der Waals surface area (Å²) in [7, 11) is 3.14. The average molecular weight is 410 g/mol. The Bertz CT molecular complexity index is 1010. The number of hydrogen-bond acceptors (Lipinski definition) is 7. The van der Waals surface area contributed by atoms with Crippen LogP contribution in [-0.4, -0.2) is 41.7 Å². The summed E-state index contributed by atoms with van der Waals surface area (Å²) in [5.74, 6) is 1.84. The maximum absolute atomic E-state index is 12.6. The number of ether oxygens (including phenoxy) is 2. The lowest BCUT2D eigenvalue weighted by Gasteiger charge is -2.13. The third-order valence-corrected chi connectivity index (χ3v) is 3.98. The standard InChI is InChI=1S/C20H20N4O3.CH2O2/c1-26-16-8-4-7-15(18(16)27-2)12-23-20(25)14-6-3-5-13(11-14)19-22-10-9-17(21)24-19;2-1-3/h3-11H,12H2,1-2H3,(H,23,25)(H2,21,22,24);1H,(H,2,3). The van der Waals surface area contributed by atoms with E-state index in [-0.39, 0.29) is 12.4 Å².